The number of aliphatic carboxylic acids is 1. The summed E-state index contributed by atoms with van der Waals surface area (Å²) in [6.07, 6.45) is -6.93. The summed E-state index contributed by atoms with van der Waals surface area (Å²) in [7, 11) is 0. The van der Waals surface area contributed by atoms with Gasteiger partial charge in [0.15, 0.2) is 0 Å². The fourth-order valence-corrected chi connectivity index (χ4v) is 4.85. The minimum Gasteiger partial charge on any atom is -0.480 e. The highest BCUT2D eigenvalue weighted by Crippen LogP contribution is 2.38. The first kappa shape index (κ1) is 29.0. The minimum absolute atomic E-state index is 0.110. The van der Waals surface area contributed by atoms with Crippen LogP contribution < -0.4 is 16.2 Å². The quantitative estimate of drug-likeness (QED) is 0.242. The molecule has 0 fully saturated rings. The number of thiazole rings is 1. The summed E-state index contributed by atoms with van der Waals surface area (Å²) < 4.78 is 47.7. The van der Waals surface area contributed by atoms with E-state index in [0.717, 1.165) is 5.69 Å². The number of nitrogens with zero attached hydrogens (tertiary/aromatic N) is 3. The molecular formula is C28H28F3N5O3S. The smallest absolute Gasteiger partial charge is 0.429 e. The van der Waals surface area contributed by atoms with Gasteiger partial charge in [0, 0.05) is 33.6 Å². The average molecular weight is 572 g/mol. The highest BCUT2D eigenvalue weighted by atomic mass is 32.1. The standard InChI is InChI=1S/C28H28F3N5O3S/c1-27(2,3)21-14-40-24(35-21)18-10-8-17(9-11-18)23(28(29,30)31)39-22-13-20(34-26(33)36-22)16-6-4-15(5-7-16)12-19(32)25(37)38/h4-11,13-14,19,23H,12,32H2,1-3H3,(H,37,38)(H2,33,34,36). The molecule has 0 saturated carbocycles. The van der Waals surface area contributed by atoms with Gasteiger partial charge in [-0.3, -0.25) is 4.79 Å². The monoisotopic (exact) mass is 571 g/mol. The summed E-state index contributed by atoms with van der Waals surface area (Å²) in [5.41, 5.74) is 14.2. The molecule has 210 valence electrons. The summed E-state index contributed by atoms with van der Waals surface area (Å²) >= 11 is 1.43. The van der Waals surface area contributed by atoms with E-state index in [0.29, 0.717) is 21.7 Å². The van der Waals surface area contributed by atoms with Crippen LogP contribution in [0.3, 0.4) is 0 Å². The summed E-state index contributed by atoms with van der Waals surface area (Å²) in [5, 5.41) is 11.6. The number of nitrogens with two attached hydrogens (primary N) is 2. The Balaban J connectivity index is 1.57. The molecule has 2 atom stereocenters. The van der Waals surface area contributed by atoms with Crippen molar-refractivity contribution in [3.63, 3.8) is 0 Å². The van der Waals surface area contributed by atoms with E-state index in [9.17, 15) is 18.0 Å². The number of carboxylic acid groups (broad SMARTS) is 1. The number of carbonyl (C=O) groups is 1. The van der Waals surface area contributed by atoms with Crippen molar-refractivity contribution < 1.29 is 27.8 Å². The fourth-order valence-electron chi connectivity index (χ4n) is 3.80. The van der Waals surface area contributed by atoms with Crippen molar-refractivity contribution in [2.45, 2.75) is 50.9 Å². The number of nitrogen functional groups attached to an aromatic ring is 1. The normalized spacial score (nSPS) is 13.6. The molecule has 0 bridgehead atoms. The number of hydrogen-bond donors (Lipinski definition) is 3. The number of ether oxygens (including phenoxy) is 1. The Hall–Kier alpha value is -4.03. The first-order valence-corrected chi connectivity index (χ1v) is 13.1. The average Bonchev–Trinajstić information content (AvgIpc) is 3.38. The molecule has 0 amide bonds. The summed E-state index contributed by atoms with van der Waals surface area (Å²) in [4.78, 5) is 23.6. The number of hydrogen-bond acceptors (Lipinski definition) is 8. The highest BCUT2D eigenvalue weighted by molar-refractivity contribution is 7.13. The van der Waals surface area contributed by atoms with Gasteiger partial charge in [-0.15, -0.1) is 11.3 Å². The SMILES string of the molecule is CC(C)(C)c1csc(-c2ccc(C(Oc3cc(-c4ccc(CC(N)C(=O)O)cc4)nc(N)n3)C(F)(F)F)cc2)n1. The second-order valence-corrected chi connectivity index (χ2v) is 11.1. The molecule has 0 aliphatic rings. The predicted molar refractivity (Wildman–Crippen MR) is 147 cm³/mol. The predicted octanol–water partition coefficient (Wildman–Crippen LogP) is 5.78. The Kier molecular flexibility index (Phi) is 8.13. The molecule has 40 heavy (non-hydrogen) atoms. The second kappa shape index (κ2) is 11.2. The van der Waals surface area contributed by atoms with E-state index in [-0.39, 0.29) is 34.9 Å². The van der Waals surface area contributed by atoms with Crippen LogP contribution in [0.25, 0.3) is 21.8 Å². The first-order chi connectivity index (χ1) is 18.7. The summed E-state index contributed by atoms with van der Waals surface area (Å²) in [6.45, 7) is 6.12. The molecule has 12 heteroatoms. The number of halogens is 3. The lowest BCUT2D eigenvalue weighted by Gasteiger charge is -2.22. The third kappa shape index (κ3) is 6.93. The highest BCUT2D eigenvalue weighted by Gasteiger charge is 2.43. The molecular weight excluding hydrogens is 543 g/mol. The lowest BCUT2D eigenvalue weighted by atomic mass is 9.93. The Bertz CT molecular complexity index is 1480. The molecule has 0 spiro atoms. The molecule has 2 aromatic heterocycles. The van der Waals surface area contributed by atoms with Crippen LogP contribution >= 0.6 is 11.3 Å². The topological polar surface area (TPSA) is 137 Å². The van der Waals surface area contributed by atoms with Crippen molar-refractivity contribution >= 4 is 23.3 Å². The van der Waals surface area contributed by atoms with Crippen molar-refractivity contribution in [2.75, 3.05) is 5.73 Å². The van der Waals surface area contributed by atoms with Gasteiger partial charge < -0.3 is 21.3 Å². The van der Waals surface area contributed by atoms with E-state index in [2.05, 4.69) is 15.0 Å². The Morgan fingerprint density at radius 3 is 2.17 bits per heavy atom. The Labute approximate surface area is 232 Å². The van der Waals surface area contributed by atoms with Crippen molar-refractivity contribution in [1.29, 1.82) is 0 Å². The molecule has 2 aromatic carbocycles. The van der Waals surface area contributed by atoms with E-state index < -0.39 is 24.3 Å². The molecule has 5 N–H and O–H groups in total. The van der Waals surface area contributed by atoms with Crippen LogP contribution in [0.5, 0.6) is 5.88 Å². The molecule has 2 unspecified atom stereocenters. The number of anilines is 1. The van der Waals surface area contributed by atoms with E-state index in [1.807, 2.05) is 26.2 Å². The number of benzene rings is 2. The van der Waals surface area contributed by atoms with Gasteiger partial charge in [-0.2, -0.15) is 18.2 Å². The first-order valence-electron chi connectivity index (χ1n) is 12.2. The maximum Gasteiger partial charge on any atom is 0.429 e. The molecule has 8 nitrogen and oxygen atoms in total. The zero-order valence-corrected chi connectivity index (χ0v) is 22.8. The third-order valence-electron chi connectivity index (χ3n) is 6.01. The molecule has 0 aliphatic carbocycles. The molecule has 4 aromatic rings. The zero-order valence-electron chi connectivity index (χ0n) is 21.9. The van der Waals surface area contributed by atoms with E-state index in [1.165, 1.54) is 29.5 Å². The van der Waals surface area contributed by atoms with Crippen LogP contribution in [0.15, 0.2) is 60.0 Å². The largest absolute Gasteiger partial charge is 0.480 e. The number of aromatic nitrogens is 3. The van der Waals surface area contributed by atoms with E-state index in [4.69, 9.17) is 21.3 Å². The van der Waals surface area contributed by atoms with Gasteiger partial charge in [0.1, 0.15) is 11.0 Å². The van der Waals surface area contributed by atoms with Gasteiger partial charge in [-0.1, -0.05) is 69.3 Å². The van der Waals surface area contributed by atoms with E-state index in [1.54, 1.807) is 36.4 Å². The lowest BCUT2D eigenvalue weighted by molar-refractivity contribution is -0.198. The lowest BCUT2D eigenvalue weighted by Crippen LogP contribution is -2.32. The number of rotatable bonds is 8. The van der Waals surface area contributed by atoms with Crippen LogP contribution in [0.4, 0.5) is 19.1 Å². The number of alkyl halides is 3. The van der Waals surface area contributed by atoms with Gasteiger partial charge in [0.05, 0.1) is 11.4 Å². The zero-order chi connectivity index (χ0) is 29.2. The van der Waals surface area contributed by atoms with Gasteiger partial charge in [-0.25, -0.2) is 9.97 Å². The Morgan fingerprint density at radius 1 is 1.00 bits per heavy atom. The molecule has 0 saturated heterocycles. The number of carboxylic acids is 1. The van der Waals surface area contributed by atoms with Gasteiger partial charge in [-0.05, 0) is 12.0 Å². The van der Waals surface area contributed by atoms with Gasteiger partial charge in [0.2, 0.25) is 17.9 Å². The van der Waals surface area contributed by atoms with Crippen LogP contribution in [-0.4, -0.2) is 38.2 Å². The summed E-state index contributed by atoms with van der Waals surface area (Å²) in [5.74, 6) is -1.74. The molecule has 4 rings (SSSR count). The molecule has 2 heterocycles. The molecule has 0 radical (unpaired) electrons. The van der Waals surface area contributed by atoms with Crippen LogP contribution in [0, 0.1) is 0 Å². The second-order valence-electron chi connectivity index (χ2n) is 10.2. The maximum absolute atomic E-state index is 14.1. The van der Waals surface area contributed by atoms with E-state index >= 15 is 0 Å². The van der Waals surface area contributed by atoms with Crippen LogP contribution in [0.2, 0.25) is 0 Å². The van der Waals surface area contributed by atoms with Crippen LogP contribution in [-0.2, 0) is 16.6 Å². The van der Waals surface area contributed by atoms with Crippen molar-refractivity contribution in [3.8, 4) is 27.7 Å². The third-order valence-corrected chi connectivity index (χ3v) is 6.90. The van der Waals surface area contributed by atoms with Gasteiger partial charge >= 0.3 is 12.1 Å². The van der Waals surface area contributed by atoms with Crippen molar-refractivity contribution in [2.24, 2.45) is 5.73 Å². The fraction of sp³-hybridized carbons (Fsp3) is 0.286. The summed E-state index contributed by atoms with van der Waals surface area (Å²) in [6, 6.07) is 12.7. The van der Waals surface area contributed by atoms with Crippen molar-refractivity contribution in [3.05, 3.63) is 76.8 Å². The van der Waals surface area contributed by atoms with Crippen molar-refractivity contribution in [1.82, 2.24) is 15.0 Å². The van der Waals surface area contributed by atoms with Crippen LogP contribution in [0.1, 0.15) is 43.7 Å². The maximum atomic E-state index is 14.1. The minimum atomic E-state index is -4.74. The van der Waals surface area contributed by atoms with Gasteiger partial charge in [0.25, 0.3) is 0 Å². The molecule has 0 aliphatic heterocycles. The Morgan fingerprint density at radius 2 is 1.62 bits per heavy atom.